The highest BCUT2D eigenvalue weighted by atomic mass is 79.9. The number of halogens is 3. The Bertz CT molecular complexity index is 1430. The largest absolute Gasteiger partial charge is 0.452 e. The lowest BCUT2D eigenvalue weighted by Crippen LogP contribution is -2.07. The number of Topliss-reactive ketones (excluding diaryl/α,β-unsaturated/α-hetero) is 1. The van der Waals surface area contributed by atoms with E-state index in [2.05, 4.69) is 15.9 Å². The van der Waals surface area contributed by atoms with E-state index in [0.29, 0.717) is 26.8 Å². The number of benzene rings is 3. The second-order valence-electron chi connectivity index (χ2n) is 6.92. The molecular weight excluding hydrogens is 519 g/mol. The van der Waals surface area contributed by atoms with Gasteiger partial charge in [-0.05, 0) is 54.6 Å². The number of rotatable bonds is 3. The Kier molecular flexibility index (Phi) is 5.29. The number of ether oxygens (including phenoxy) is 2. The summed E-state index contributed by atoms with van der Waals surface area (Å²) < 4.78 is 17.5. The number of hydrogen-bond acceptors (Lipinski definition) is 5. The van der Waals surface area contributed by atoms with Crippen LogP contribution in [0, 0.1) is 0 Å². The number of fused-ring (bicyclic) bond motifs is 2. The van der Waals surface area contributed by atoms with E-state index in [1.807, 2.05) is 12.1 Å². The fourth-order valence-electron chi connectivity index (χ4n) is 3.28. The van der Waals surface area contributed by atoms with Crippen molar-refractivity contribution in [3.05, 3.63) is 97.8 Å². The van der Waals surface area contributed by atoms with Gasteiger partial charge in [-0.1, -0.05) is 45.2 Å². The van der Waals surface area contributed by atoms with Crippen LogP contribution >= 0.6 is 39.1 Å². The molecule has 0 radical (unpaired) electrons. The highest BCUT2D eigenvalue weighted by Gasteiger charge is 2.29. The van der Waals surface area contributed by atoms with Crippen LogP contribution in [0.5, 0.6) is 11.5 Å². The molecule has 0 bridgehead atoms. The van der Waals surface area contributed by atoms with E-state index in [1.165, 1.54) is 24.3 Å². The summed E-state index contributed by atoms with van der Waals surface area (Å²) >= 11 is 15.7. The lowest BCUT2D eigenvalue weighted by atomic mass is 10.1. The molecule has 5 rings (SSSR count). The van der Waals surface area contributed by atoms with Crippen molar-refractivity contribution < 1.29 is 23.5 Å². The molecule has 0 fully saturated rings. The Hall–Kier alpha value is -3.06. The highest BCUT2D eigenvalue weighted by Crippen LogP contribution is 2.37. The second-order valence-corrected chi connectivity index (χ2v) is 8.65. The van der Waals surface area contributed by atoms with Gasteiger partial charge in [0, 0.05) is 31.5 Å². The average molecular weight is 530 g/mol. The van der Waals surface area contributed by atoms with Crippen molar-refractivity contribution in [1.29, 1.82) is 0 Å². The maximum Gasteiger partial charge on any atom is 0.379 e. The molecule has 1 aliphatic heterocycles. The van der Waals surface area contributed by atoms with Crippen molar-refractivity contribution in [1.82, 2.24) is 0 Å². The summed E-state index contributed by atoms with van der Waals surface area (Å²) in [5.74, 6) is -0.383. The van der Waals surface area contributed by atoms with Gasteiger partial charge in [0.2, 0.25) is 11.5 Å². The fraction of sp³-hybridized carbons (Fsp3) is 0. The highest BCUT2D eigenvalue weighted by molar-refractivity contribution is 9.10. The van der Waals surface area contributed by atoms with Gasteiger partial charge in [0.05, 0.1) is 5.56 Å². The maximum absolute atomic E-state index is 12.7. The molecule has 1 aliphatic rings. The first-order valence-electron chi connectivity index (χ1n) is 9.32. The molecular formula is C24H11BrCl2O5. The molecule has 4 aromatic rings. The van der Waals surface area contributed by atoms with Gasteiger partial charge >= 0.3 is 5.97 Å². The van der Waals surface area contributed by atoms with E-state index < -0.39 is 5.97 Å². The van der Waals surface area contributed by atoms with E-state index in [4.69, 9.17) is 37.1 Å². The number of ketones is 1. The molecule has 0 aliphatic carbocycles. The number of carbonyl (C=O) groups excluding carboxylic acids is 2. The molecule has 3 aromatic carbocycles. The van der Waals surface area contributed by atoms with Gasteiger partial charge in [0.1, 0.15) is 17.1 Å². The van der Waals surface area contributed by atoms with E-state index in [1.54, 1.807) is 30.3 Å². The first-order valence-corrected chi connectivity index (χ1v) is 10.9. The van der Waals surface area contributed by atoms with Crippen LogP contribution in [-0.2, 0) is 0 Å². The number of carbonyl (C=O) groups is 2. The van der Waals surface area contributed by atoms with E-state index in [0.717, 1.165) is 9.86 Å². The molecule has 0 amide bonds. The topological polar surface area (TPSA) is 65.7 Å². The number of allylic oxidation sites excluding steroid dienone is 1. The summed E-state index contributed by atoms with van der Waals surface area (Å²) in [5, 5.41) is 1.55. The third-order valence-electron chi connectivity index (χ3n) is 4.81. The molecule has 32 heavy (non-hydrogen) atoms. The maximum atomic E-state index is 12.7. The predicted octanol–water partition coefficient (Wildman–Crippen LogP) is 7.34. The van der Waals surface area contributed by atoms with Crippen LogP contribution in [-0.4, -0.2) is 11.8 Å². The summed E-state index contributed by atoms with van der Waals surface area (Å²) in [7, 11) is 0. The van der Waals surface area contributed by atoms with Crippen molar-refractivity contribution in [3.63, 3.8) is 0 Å². The van der Waals surface area contributed by atoms with Crippen LogP contribution in [0.3, 0.4) is 0 Å². The Morgan fingerprint density at radius 1 is 1.00 bits per heavy atom. The molecule has 8 heteroatoms. The summed E-state index contributed by atoms with van der Waals surface area (Å²) in [5.41, 5.74) is 1.39. The van der Waals surface area contributed by atoms with E-state index >= 15 is 0 Å². The predicted molar refractivity (Wildman–Crippen MR) is 125 cm³/mol. The quantitative estimate of drug-likeness (QED) is 0.158. The van der Waals surface area contributed by atoms with Crippen LogP contribution in [0.15, 0.2) is 75.3 Å². The molecule has 0 saturated heterocycles. The van der Waals surface area contributed by atoms with E-state index in [-0.39, 0.29) is 28.8 Å². The molecule has 5 nitrogen and oxygen atoms in total. The van der Waals surface area contributed by atoms with Crippen LogP contribution in [0.25, 0.3) is 17.0 Å². The Morgan fingerprint density at radius 3 is 2.56 bits per heavy atom. The van der Waals surface area contributed by atoms with Gasteiger partial charge in [-0.3, -0.25) is 4.79 Å². The molecule has 0 spiro atoms. The Morgan fingerprint density at radius 2 is 1.78 bits per heavy atom. The van der Waals surface area contributed by atoms with Crippen molar-refractivity contribution in [3.8, 4) is 11.5 Å². The van der Waals surface area contributed by atoms with Crippen LogP contribution in [0.4, 0.5) is 0 Å². The number of hydrogen-bond donors (Lipinski definition) is 0. The average Bonchev–Trinajstić information content (AvgIpc) is 3.31. The van der Waals surface area contributed by atoms with Crippen molar-refractivity contribution >= 4 is 67.9 Å². The van der Waals surface area contributed by atoms with Gasteiger partial charge in [-0.15, -0.1) is 0 Å². The standard InChI is InChI=1S/C24H11BrCl2O5/c25-13-4-7-19-12(8-13)9-22(31-19)24(29)30-14-5-6-15-20(10-14)32-21(23(15)28)11-16-17(26)2-1-3-18(16)27/h1-11H/b21-11-. The summed E-state index contributed by atoms with van der Waals surface area (Å²) in [6, 6.07) is 16.6. The molecule has 0 saturated carbocycles. The van der Waals surface area contributed by atoms with Gasteiger partial charge in [0.25, 0.3) is 0 Å². The normalized spacial score (nSPS) is 14.0. The zero-order valence-electron chi connectivity index (χ0n) is 16.0. The van der Waals surface area contributed by atoms with Crippen LogP contribution in [0.2, 0.25) is 10.0 Å². The lowest BCUT2D eigenvalue weighted by molar-refractivity contribution is 0.0703. The van der Waals surface area contributed by atoms with Crippen LogP contribution < -0.4 is 9.47 Å². The zero-order valence-corrected chi connectivity index (χ0v) is 19.1. The first kappa shape index (κ1) is 20.8. The molecule has 2 heterocycles. The Balaban J connectivity index is 1.39. The minimum absolute atomic E-state index is 0.0598. The number of furan rings is 1. The third-order valence-corrected chi connectivity index (χ3v) is 5.96. The summed E-state index contributed by atoms with van der Waals surface area (Å²) in [4.78, 5) is 25.2. The smallest absolute Gasteiger partial charge is 0.379 e. The summed E-state index contributed by atoms with van der Waals surface area (Å²) in [6.07, 6.45) is 1.49. The third kappa shape index (κ3) is 3.81. The fourth-order valence-corrected chi connectivity index (χ4v) is 4.17. The lowest BCUT2D eigenvalue weighted by Gasteiger charge is -2.04. The van der Waals surface area contributed by atoms with Gasteiger partial charge in [0.15, 0.2) is 5.76 Å². The van der Waals surface area contributed by atoms with Gasteiger partial charge in [-0.25, -0.2) is 4.79 Å². The number of esters is 1. The zero-order chi connectivity index (χ0) is 22.4. The molecule has 0 atom stereocenters. The SMILES string of the molecule is O=C(Oc1ccc2c(c1)O/C(=C\c1c(Cl)cccc1Cl)C2=O)c1cc2cc(Br)ccc2o1. The first-order chi connectivity index (χ1) is 15.4. The Labute approximate surface area is 200 Å². The van der Waals surface area contributed by atoms with Crippen LogP contribution in [0.1, 0.15) is 26.5 Å². The van der Waals surface area contributed by atoms with Crippen molar-refractivity contribution in [2.45, 2.75) is 0 Å². The molecule has 1 aromatic heterocycles. The molecule has 158 valence electrons. The summed E-state index contributed by atoms with van der Waals surface area (Å²) in [6.45, 7) is 0. The molecule has 0 unspecified atom stereocenters. The minimum atomic E-state index is -0.666. The monoisotopic (exact) mass is 528 g/mol. The van der Waals surface area contributed by atoms with Crippen molar-refractivity contribution in [2.24, 2.45) is 0 Å². The molecule has 0 N–H and O–H groups in total. The van der Waals surface area contributed by atoms with Gasteiger partial charge < -0.3 is 13.9 Å². The minimum Gasteiger partial charge on any atom is -0.452 e. The van der Waals surface area contributed by atoms with Crippen molar-refractivity contribution in [2.75, 3.05) is 0 Å². The van der Waals surface area contributed by atoms with Gasteiger partial charge in [-0.2, -0.15) is 0 Å². The van der Waals surface area contributed by atoms with E-state index in [9.17, 15) is 9.59 Å². The second kappa shape index (κ2) is 8.13.